The molecule has 1 saturated carbocycles. The van der Waals surface area contributed by atoms with Crippen LogP contribution in [0.1, 0.15) is 38.5 Å². The molecule has 1 saturated heterocycles. The van der Waals surface area contributed by atoms with Gasteiger partial charge in [0, 0.05) is 17.8 Å². The van der Waals surface area contributed by atoms with E-state index in [0.29, 0.717) is 18.3 Å². The average molecular weight is 316 g/mol. The Labute approximate surface area is 136 Å². The van der Waals surface area contributed by atoms with Crippen molar-refractivity contribution in [3.05, 3.63) is 18.2 Å². The number of piperidine rings is 1. The van der Waals surface area contributed by atoms with Gasteiger partial charge in [-0.25, -0.2) is 0 Å². The summed E-state index contributed by atoms with van der Waals surface area (Å²) < 4.78 is 10.7. The predicted octanol–water partition coefficient (Wildman–Crippen LogP) is 3.01. The SMILES string of the molecule is O=C(CN1CCC[C@@H]2CCCC[C@@H]21)Nc1ccc2c(c1)OCO2. The average Bonchev–Trinajstić information content (AvgIpc) is 3.03. The number of ether oxygens (including phenoxy) is 2. The van der Waals surface area contributed by atoms with Crippen LogP contribution in [0.15, 0.2) is 18.2 Å². The smallest absolute Gasteiger partial charge is 0.238 e. The molecule has 0 radical (unpaired) electrons. The highest BCUT2D eigenvalue weighted by Crippen LogP contribution is 2.36. The molecule has 0 aromatic heterocycles. The number of nitrogens with one attached hydrogen (secondary N) is 1. The highest BCUT2D eigenvalue weighted by molar-refractivity contribution is 5.92. The Kier molecular flexibility index (Phi) is 4.12. The second-order valence-corrected chi connectivity index (χ2v) is 6.84. The Morgan fingerprint density at radius 2 is 1.96 bits per heavy atom. The van der Waals surface area contributed by atoms with Crippen molar-refractivity contribution in [1.82, 2.24) is 4.90 Å². The molecule has 1 aromatic carbocycles. The van der Waals surface area contributed by atoms with Gasteiger partial charge in [-0.3, -0.25) is 9.69 Å². The fourth-order valence-electron chi connectivity index (χ4n) is 4.28. The molecule has 0 bridgehead atoms. The summed E-state index contributed by atoms with van der Waals surface area (Å²) in [5.74, 6) is 2.31. The minimum absolute atomic E-state index is 0.0649. The zero-order valence-corrected chi connectivity index (χ0v) is 13.4. The van der Waals surface area contributed by atoms with Crippen molar-refractivity contribution in [2.75, 3.05) is 25.2 Å². The molecule has 5 heteroatoms. The van der Waals surface area contributed by atoms with Gasteiger partial charge in [0.2, 0.25) is 12.7 Å². The van der Waals surface area contributed by atoms with Crippen molar-refractivity contribution in [2.45, 2.75) is 44.6 Å². The van der Waals surface area contributed by atoms with Gasteiger partial charge in [0.15, 0.2) is 11.5 Å². The molecule has 124 valence electrons. The van der Waals surface area contributed by atoms with Gasteiger partial charge in [-0.05, 0) is 50.3 Å². The van der Waals surface area contributed by atoms with Gasteiger partial charge in [-0.1, -0.05) is 12.8 Å². The second kappa shape index (κ2) is 6.40. The topological polar surface area (TPSA) is 50.8 Å². The molecule has 0 spiro atoms. The van der Waals surface area contributed by atoms with Gasteiger partial charge in [0.1, 0.15) is 0 Å². The Balaban J connectivity index is 1.37. The molecule has 3 aliphatic rings. The van der Waals surface area contributed by atoms with Crippen molar-refractivity contribution in [1.29, 1.82) is 0 Å². The van der Waals surface area contributed by atoms with Gasteiger partial charge in [-0.15, -0.1) is 0 Å². The van der Waals surface area contributed by atoms with Crippen molar-refractivity contribution in [3.63, 3.8) is 0 Å². The number of rotatable bonds is 3. The lowest BCUT2D eigenvalue weighted by molar-refractivity contribution is -0.118. The summed E-state index contributed by atoms with van der Waals surface area (Å²) in [7, 11) is 0. The zero-order valence-electron chi connectivity index (χ0n) is 13.4. The third-order valence-electron chi connectivity index (χ3n) is 5.36. The molecule has 1 N–H and O–H groups in total. The third kappa shape index (κ3) is 3.15. The van der Waals surface area contributed by atoms with Gasteiger partial charge in [-0.2, -0.15) is 0 Å². The first-order valence-corrected chi connectivity index (χ1v) is 8.73. The predicted molar refractivity (Wildman–Crippen MR) is 87.7 cm³/mol. The van der Waals surface area contributed by atoms with Crippen molar-refractivity contribution in [3.8, 4) is 11.5 Å². The fourth-order valence-corrected chi connectivity index (χ4v) is 4.28. The van der Waals surface area contributed by atoms with E-state index in [9.17, 15) is 4.79 Å². The van der Waals surface area contributed by atoms with E-state index in [1.165, 1.54) is 38.5 Å². The summed E-state index contributed by atoms with van der Waals surface area (Å²) in [4.78, 5) is 14.8. The highest BCUT2D eigenvalue weighted by Gasteiger charge is 2.33. The van der Waals surface area contributed by atoms with Crippen LogP contribution in [0.4, 0.5) is 5.69 Å². The molecule has 2 heterocycles. The van der Waals surface area contributed by atoms with Crippen LogP contribution in [-0.4, -0.2) is 36.7 Å². The van der Waals surface area contributed by atoms with Gasteiger partial charge >= 0.3 is 0 Å². The zero-order chi connectivity index (χ0) is 15.6. The van der Waals surface area contributed by atoms with E-state index in [1.807, 2.05) is 18.2 Å². The number of amides is 1. The van der Waals surface area contributed by atoms with E-state index in [0.717, 1.165) is 23.9 Å². The molecule has 1 amide bonds. The highest BCUT2D eigenvalue weighted by atomic mass is 16.7. The molecular formula is C18H24N2O3. The quantitative estimate of drug-likeness (QED) is 0.931. The molecule has 4 rings (SSSR count). The number of benzene rings is 1. The maximum absolute atomic E-state index is 12.4. The van der Waals surface area contributed by atoms with Gasteiger partial charge in [0.05, 0.1) is 6.54 Å². The van der Waals surface area contributed by atoms with E-state index in [2.05, 4.69) is 10.2 Å². The van der Waals surface area contributed by atoms with Crippen LogP contribution in [0, 0.1) is 5.92 Å². The molecule has 1 aromatic rings. The summed E-state index contributed by atoms with van der Waals surface area (Å²) in [5.41, 5.74) is 0.774. The Morgan fingerprint density at radius 1 is 1.13 bits per heavy atom. The second-order valence-electron chi connectivity index (χ2n) is 6.84. The van der Waals surface area contributed by atoms with Crippen LogP contribution < -0.4 is 14.8 Å². The molecular weight excluding hydrogens is 292 g/mol. The number of anilines is 1. The fraction of sp³-hybridized carbons (Fsp3) is 0.611. The number of hydrogen-bond donors (Lipinski definition) is 1. The van der Waals surface area contributed by atoms with Crippen LogP contribution in [0.5, 0.6) is 11.5 Å². The molecule has 0 unspecified atom stereocenters. The summed E-state index contributed by atoms with van der Waals surface area (Å²) in [6, 6.07) is 6.15. The summed E-state index contributed by atoms with van der Waals surface area (Å²) in [6.45, 7) is 1.80. The van der Waals surface area contributed by atoms with Crippen molar-refractivity contribution >= 4 is 11.6 Å². The lowest BCUT2D eigenvalue weighted by Crippen LogP contribution is -2.49. The van der Waals surface area contributed by atoms with Crippen molar-refractivity contribution < 1.29 is 14.3 Å². The number of likely N-dealkylation sites (tertiary alicyclic amines) is 1. The minimum Gasteiger partial charge on any atom is -0.454 e. The number of carbonyl (C=O) groups excluding carboxylic acids is 1. The number of nitrogens with zero attached hydrogens (tertiary/aromatic N) is 1. The van der Waals surface area contributed by atoms with E-state index in [-0.39, 0.29) is 12.7 Å². The monoisotopic (exact) mass is 316 g/mol. The number of carbonyl (C=O) groups is 1. The summed E-state index contributed by atoms with van der Waals surface area (Å²) >= 11 is 0. The van der Waals surface area contributed by atoms with Crippen LogP contribution >= 0.6 is 0 Å². The van der Waals surface area contributed by atoms with Gasteiger partial charge in [0.25, 0.3) is 0 Å². The number of hydrogen-bond acceptors (Lipinski definition) is 4. The molecule has 1 aliphatic carbocycles. The Hall–Kier alpha value is -1.75. The lowest BCUT2D eigenvalue weighted by atomic mass is 9.78. The third-order valence-corrected chi connectivity index (χ3v) is 5.36. The normalized spacial score (nSPS) is 26.6. The first-order valence-electron chi connectivity index (χ1n) is 8.73. The summed E-state index contributed by atoms with van der Waals surface area (Å²) in [5, 5.41) is 3.00. The van der Waals surface area contributed by atoms with Gasteiger partial charge < -0.3 is 14.8 Å². The molecule has 23 heavy (non-hydrogen) atoms. The first kappa shape index (κ1) is 14.8. The maximum atomic E-state index is 12.4. The van der Waals surface area contributed by atoms with Crippen LogP contribution in [0.3, 0.4) is 0 Å². The first-order chi connectivity index (χ1) is 11.3. The maximum Gasteiger partial charge on any atom is 0.238 e. The molecule has 2 atom stereocenters. The minimum atomic E-state index is 0.0649. The van der Waals surface area contributed by atoms with Crippen LogP contribution in [-0.2, 0) is 4.79 Å². The van der Waals surface area contributed by atoms with Crippen LogP contribution in [0.25, 0.3) is 0 Å². The van der Waals surface area contributed by atoms with E-state index < -0.39 is 0 Å². The Bertz CT molecular complexity index is 588. The largest absolute Gasteiger partial charge is 0.454 e. The summed E-state index contributed by atoms with van der Waals surface area (Å²) in [6.07, 6.45) is 7.82. The molecule has 2 aliphatic heterocycles. The van der Waals surface area contributed by atoms with E-state index >= 15 is 0 Å². The number of fused-ring (bicyclic) bond motifs is 2. The lowest BCUT2D eigenvalue weighted by Gasteiger charge is -2.43. The molecule has 5 nitrogen and oxygen atoms in total. The van der Waals surface area contributed by atoms with Crippen LogP contribution in [0.2, 0.25) is 0 Å². The van der Waals surface area contributed by atoms with Crippen molar-refractivity contribution in [2.24, 2.45) is 5.92 Å². The molecule has 2 fully saturated rings. The standard InChI is InChI=1S/C18H24N2O3/c21-18(19-14-7-8-16-17(10-14)23-12-22-16)11-20-9-3-5-13-4-1-2-6-15(13)20/h7-8,10,13,15H,1-6,9,11-12H2,(H,19,21)/t13-,15-/m0/s1. The Morgan fingerprint density at radius 3 is 2.91 bits per heavy atom. The van der Waals surface area contributed by atoms with E-state index in [4.69, 9.17) is 9.47 Å². The van der Waals surface area contributed by atoms with E-state index in [1.54, 1.807) is 0 Å².